The average molecular weight is 244 g/mol. The number of hydrogen-bond donors (Lipinski definition) is 4. The highest BCUT2D eigenvalue weighted by atomic mass is 16.6. The van der Waals surface area contributed by atoms with Crippen LogP contribution < -0.4 is 5.32 Å². The Balaban J connectivity index is 2.87. The van der Waals surface area contributed by atoms with Gasteiger partial charge in [-0.05, 0) is 24.9 Å². The van der Waals surface area contributed by atoms with Crippen LogP contribution in [0.15, 0.2) is 0 Å². The van der Waals surface area contributed by atoms with Crippen molar-refractivity contribution in [1.82, 2.24) is 15.3 Å². The summed E-state index contributed by atoms with van der Waals surface area (Å²) in [4.78, 5) is 16.3. The van der Waals surface area contributed by atoms with Gasteiger partial charge in [0.15, 0.2) is 11.5 Å². The Labute approximate surface area is 97.8 Å². The number of hydrogen-bond acceptors (Lipinski definition) is 6. The van der Waals surface area contributed by atoms with Gasteiger partial charge in [-0.2, -0.15) is 0 Å². The van der Waals surface area contributed by atoms with Crippen LogP contribution in [0, 0.1) is 17.0 Å². The molecule has 8 nitrogen and oxygen atoms in total. The van der Waals surface area contributed by atoms with Crippen LogP contribution in [0.3, 0.4) is 0 Å². The van der Waals surface area contributed by atoms with Gasteiger partial charge >= 0.3 is 5.82 Å². The Kier molecular flexibility index (Phi) is 4.55. The summed E-state index contributed by atoms with van der Waals surface area (Å²) in [6.45, 7) is 2.04. The highest BCUT2D eigenvalue weighted by Gasteiger charge is 2.29. The highest BCUT2D eigenvalue weighted by molar-refractivity contribution is 5.30. The highest BCUT2D eigenvalue weighted by Crippen LogP contribution is 2.25. The number of H-pyrrole nitrogens is 1. The predicted octanol–water partition coefficient (Wildman–Crippen LogP) is -0.370. The van der Waals surface area contributed by atoms with Gasteiger partial charge in [-0.1, -0.05) is 0 Å². The smallest absolute Gasteiger partial charge is 0.346 e. The molecule has 96 valence electrons. The minimum Gasteiger partial charge on any atom is -0.390 e. The summed E-state index contributed by atoms with van der Waals surface area (Å²) < 4.78 is 0. The van der Waals surface area contributed by atoms with Crippen LogP contribution in [0.25, 0.3) is 0 Å². The minimum absolute atomic E-state index is 0.129. The van der Waals surface area contributed by atoms with Gasteiger partial charge in [-0.25, -0.2) is 9.97 Å². The van der Waals surface area contributed by atoms with Gasteiger partial charge in [0.05, 0.1) is 6.10 Å². The Morgan fingerprint density at radius 2 is 2.24 bits per heavy atom. The lowest BCUT2D eigenvalue weighted by atomic mass is 10.1. The normalized spacial score (nSPS) is 14.6. The SMILES string of the molecule is CNCCC(O)C(O)c1nc(C)[nH]c1[N+](=O)[O-]. The fraction of sp³-hybridized carbons (Fsp3) is 0.667. The molecule has 2 unspecified atom stereocenters. The van der Waals surface area contributed by atoms with E-state index >= 15 is 0 Å². The number of nitrogens with zero attached hydrogens (tertiary/aromatic N) is 2. The lowest BCUT2D eigenvalue weighted by Gasteiger charge is -2.15. The van der Waals surface area contributed by atoms with Crippen LogP contribution in [-0.4, -0.2) is 44.8 Å². The quantitative estimate of drug-likeness (QED) is 0.400. The van der Waals surface area contributed by atoms with Gasteiger partial charge in [0.2, 0.25) is 0 Å². The average Bonchev–Trinajstić information content (AvgIpc) is 2.67. The molecule has 8 heteroatoms. The number of aliphatic hydroxyl groups excluding tert-OH is 2. The van der Waals surface area contributed by atoms with E-state index < -0.39 is 17.1 Å². The van der Waals surface area contributed by atoms with Gasteiger partial charge in [0, 0.05) is 6.92 Å². The number of aromatic amines is 1. The number of nitrogens with one attached hydrogen (secondary N) is 2. The van der Waals surface area contributed by atoms with Gasteiger partial charge in [0.25, 0.3) is 0 Å². The summed E-state index contributed by atoms with van der Waals surface area (Å²) in [6.07, 6.45) is -2.18. The molecule has 0 amide bonds. The zero-order chi connectivity index (χ0) is 13.0. The topological polar surface area (TPSA) is 124 Å². The zero-order valence-electron chi connectivity index (χ0n) is 9.67. The van der Waals surface area contributed by atoms with Crippen molar-refractivity contribution in [3.63, 3.8) is 0 Å². The van der Waals surface area contributed by atoms with Gasteiger partial charge in [-0.15, -0.1) is 0 Å². The number of imidazole rings is 1. The fourth-order valence-electron chi connectivity index (χ4n) is 1.47. The van der Waals surface area contributed by atoms with Crippen molar-refractivity contribution < 1.29 is 15.1 Å². The standard InChI is InChI=1S/C9H16N4O4/c1-5-11-7(9(12-5)13(16)17)8(15)6(14)3-4-10-2/h6,8,10,14-15H,3-4H2,1-2H3,(H,11,12). The van der Waals surface area contributed by atoms with Crippen LogP contribution in [0.5, 0.6) is 0 Å². The third kappa shape index (κ3) is 3.22. The zero-order valence-corrected chi connectivity index (χ0v) is 9.67. The van der Waals surface area contributed by atoms with Crippen molar-refractivity contribution in [2.45, 2.75) is 25.6 Å². The molecule has 1 aromatic heterocycles. The summed E-state index contributed by atoms with van der Waals surface area (Å²) in [6, 6.07) is 0. The largest absolute Gasteiger partial charge is 0.390 e. The first-order valence-corrected chi connectivity index (χ1v) is 5.19. The van der Waals surface area contributed by atoms with E-state index in [0.717, 1.165) is 0 Å². The van der Waals surface area contributed by atoms with E-state index in [4.69, 9.17) is 0 Å². The third-order valence-corrected chi connectivity index (χ3v) is 2.35. The maximum atomic E-state index is 10.7. The van der Waals surface area contributed by atoms with Crippen molar-refractivity contribution in [2.24, 2.45) is 0 Å². The predicted molar refractivity (Wildman–Crippen MR) is 59.5 cm³/mol. The van der Waals surface area contributed by atoms with E-state index in [-0.39, 0.29) is 17.9 Å². The molecule has 1 heterocycles. The molecule has 0 spiro atoms. The first kappa shape index (κ1) is 13.6. The summed E-state index contributed by atoms with van der Waals surface area (Å²) in [5.41, 5.74) is -0.129. The Hall–Kier alpha value is -1.51. The second kappa shape index (κ2) is 5.71. The van der Waals surface area contributed by atoms with Crippen LogP contribution in [-0.2, 0) is 0 Å². The van der Waals surface area contributed by atoms with Crippen LogP contribution in [0.4, 0.5) is 5.82 Å². The maximum absolute atomic E-state index is 10.7. The molecular formula is C9H16N4O4. The Bertz CT molecular complexity index is 392. The number of aliphatic hydroxyl groups is 2. The van der Waals surface area contributed by atoms with Crippen LogP contribution >= 0.6 is 0 Å². The first-order chi connectivity index (χ1) is 7.97. The maximum Gasteiger partial charge on any atom is 0.346 e. The number of nitro groups is 1. The molecule has 0 radical (unpaired) electrons. The third-order valence-electron chi connectivity index (χ3n) is 2.35. The van der Waals surface area contributed by atoms with E-state index in [0.29, 0.717) is 12.4 Å². The fourth-order valence-corrected chi connectivity index (χ4v) is 1.47. The molecule has 1 aromatic rings. The Morgan fingerprint density at radius 1 is 1.59 bits per heavy atom. The van der Waals surface area contributed by atoms with E-state index in [2.05, 4.69) is 15.3 Å². The molecule has 0 bridgehead atoms. The molecule has 0 saturated heterocycles. The van der Waals surface area contributed by atoms with Crippen molar-refractivity contribution >= 4 is 5.82 Å². The second-order valence-corrected chi connectivity index (χ2v) is 3.72. The lowest BCUT2D eigenvalue weighted by molar-refractivity contribution is -0.390. The lowest BCUT2D eigenvalue weighted by Crippen LogP contribution is -2.24. The minimum atomic E-state index is -1.37. The molecular weight excluding hydrogens is 228 g/mol. The molecule has 4 N–H and O–H groups in total. The van der Waals surface area contributed by atoms with Crippen molar-refractivity contribution in [3.05, 3.63) is 21.6 Å². The summed E-state index contributed by atoms with van der Waals surface area (Å²) in [7, 11) is 1.71. The van der Waals surface area contributed by atoms with Gasteiger partial charge in [-0.3, -0.25) is 0 Å². The molecule has 0 aromatic carbocycles. The van der Waals surface area contributed by atoms with E-state index in [1.165, 1.54) is 0 Å². The van der Waals surface area contributed by atoms with Crippen molar-refractivity contribution in [1.29, 1.82) is 0 Å². The molecule has 17 heavy (non-hydrogen) atoms. The summed E-state index contributed by atoms with van der Waals surface area (Å²) >= 11 is 0. The molecule has 0 aliphatic carbocycles. The van der Waals surface area contributed by atoms with E-state index in [1.807, 2.05) is 0 Å². The van der Waals surface area contributed by atoms with Crippen molar-refractivity contribution in [2.75, 3.05) is 13.6 Å². The summed E-state index contributed by atoms with van der Waals surface area (Å²) in [5.74, 6) is -0.0509. The van der Waals surface area contributed by atoms with Crippen LogP contribution in [0.2, 0.25) is 0 Å². The Morgan fingerprint density at radius 3 is 2.76 bits per heavy atom. The van der Waals surface area contributed by atoms with Crippen molar-refractivity contribution in [3.8, 4) is 0 Å². The van der Waals surface area contributed by atoms with Gasteiger partial charge in [0.1, 0.15) is 6.10 Å². The number of aromatic nitrogens is 2. The number of rotatable bonds is 6. The second-order valence-electron chi connectivity index (χ2n) is 3.72. The van der Waals surface area contributed by atoms with Crippen LogP contribution in [0.1, 0.15) is 24.0 Å². The van der Waals surface area contributed by atoms with E-state index in [9.17, 15) is 20.3 Å². The van der Waals surface area contributed by atoms with E-state index in [1.54, 1.807) is 14.0 Å². The molecule has 2 atom stereocenters. The molecule has 0 aliphatic heterocycles. The number of aryl methyl sites for hydroxylation is 1. The van der Waals surface area contributed by atoms with Gasteiger partial charge < -0.3 is 25.6 Å². The first-order valence-electron chi connectivity index (χ1n) is 5.19. The molecule has 0 saturated carbocycles. The molecule has 1 rings (SSSR count). The molecule has 0 fully saturated rings. The monoisotopic (exact) mass is 244 g/mol. The summed E-state index contributed by atoms with van der Waals surface area (Å²) in [5, 5.41) is 33.0. The molecule has 0 aliphatic rings.